The molecule has 2 aromatic carbocycles. The molecule has 0 radical (unpaired) electrons. The number of ketones is 1. The molecular formula is C27H26N2O5. The summed E-state index contributed by atoms with van der Waals surface area (Å²) in [5.74, 6) is -0.239. The molecule has 5 rings (SSSR count). The molecule has 34 heavy (non-hydrogen) atoms. The molecule has 0 unspecified atom stereocenters. The van der Waals surface area contributed by atoms with Crippen LogP contribution in [0.15, 0.2) is 70.9 Å². The Morgan fingerprint density at radius 3 is 2.56 bits per heavy atom. The molecule has 2 aliphatic rings. The molecule has 1 aromatic heterocycles. The van der Waals surface area contributed by atoms with E-state index in [1.54, 1.807) is 24.3 Å². The van der Waals surface area contributed by atoms with Crippen molar-refractivity contribution in [2.75, 3.05) is 19.0 Å². The molecule has 1 saturated heterocycles. The molecule has 7 nitrogen and oxygen atoms in total. The number of Topliss-reactive ketones (excluding diaryl/α,β-unsaturated/α-hetero) is 1. The van der Waals surface area contributed by atoms with Crippen LogP contribution in [0.2, 0.25) is 0 Å². The molecule has 3 heterocycles. The average molecular weight is 459 g/mol. The second kappa shape index (κ2) is 8.41. The molecule has 2 aliphatic heterocycles. The van der Waals surface area contributed by atoms with Crippen molar-refractivity contribution in [3.05, 3.63) is 88.9 Å². The number of fused-ring (bicyclic) bond motifs is 1. The number of hydrogen-bond donors (Lipinski definition) is 1. The highest BCUT2D eigenvalue weighted by Crippen LogP contribution is 2.41. The Kier molecular flexibility index (Phi) is 5.40. The monoisotopic (exact) mass is 458 g/mol. The van der Waals surface area contributed by atoms with E-state index in [0.29, 0.717) is 11.3 Å². The summed E-state index contributed by atoms with van der Waals surface area (Å²) in [6, 6.07) is 15.7. The van der Waals surface area contributed by atoms with Gasteiger partial charge in [-0.15, -0.1) is 0 Å². The molecule has 0 bridgehead atoms. The fourth-order valence-corrected chi connectivity index (χ4v) is 4.64. The van der Waals surface area contributed by atoms with Gasteiger partial charge in [-0.05, 0) is 60.5 Å². The number of aliphatic hydroxyl groups is 1. The second-order valence-corrected chi connectivity index (χ2v) is 8.95. The number of likely N-dealkylation sites (tertiary alicyclic amines) is 1. The van der Waals surface area contributed by atoms with E-state index in [4.69, 9.17) is 9.15 Å². The normalized spacial score (nSPS) is 21.0. The van der Waals surface area contributed by atoms with Crippen molar-refractivity contribution >= 4 is 23.1 Å². The van der Waals surface area contributed by atoms with E-state index in [1.807, 2.05) is 56.3 Å². The van der Waals surface area contributed by atoms with E-state index in [-0.39, 0.29) is 24.0 Å². The van der Waals surface area contributed by atoms with Crippen molar-refractivity contribution in [3.8, 4) is 5.75 Å². The summed E-state index contributed by atoms with van der Waals surface area (Å²) in [6.07, 6.45) is 2.31. The van der Waals surface area contributed by atoms with E-state index < -0.39 is 17.7 Å². The number of carbonyl (C=O) groups is 2. The lowest BCUT2D eigenvalue weighted by Gasteiger charge is -2.25. The lowest BCUT2D eigenvalue weighted by molar-refractivity contribution is -0.140. The number of amides is 1. The van der Waals surface area contributed by atoms with Crippen LogP contribution in [0.3, 0.4) is 0 Å². The molecular weight excluding hydrogens is 432 g/mol. The molecule has 1 fully saturated rings. The van der Waals surface area contributed by atoms with Crippen LogP contribution in [-0.2, 0) is 22.6 Å². The number of carbonyl (C=O) groups excluding carboxylic acids is 2. The summed E-state index contributed by atoms with van der Waals surface area (Å²) in [7, 11) is 3.88. The summed E-state index contributed by atoms with van der Waals surface area (Å²) < 4.78 is 11.2. The van der Waals surface area contributed by atoms with Crippen molar-refractivity contribution in [2.45, 2.75) is 32.0 Å². The Morgan fingerprint density at radius 1 is 1.12 bits per heavy atom. The fourth-order valence-electron chi connectivity index (χ4n) is 4.64. The first kappa shape index (κ1) is 21.8. The van der Waals surface area contributed by atoms with Crippen molar-refractivity contribution in [1.82, 2.24) is 4.90 Å². The summed E-state index contributed by atoms with van der Waals surface area (Å²) in [5.41, 5.74) is 3.24. The van der Waals surface area contributed by atoms with Crippen molar-refractivity contribution in [2.24, 2.45) is 0 Å². The third kappa shape index (κ3) is 3.73. The zero-order chi connectivity index (χ0) is 24.0. The number of nitrogens with zero attached hydrogens (tertiary/aromatic N) is 2. The Balaban J connectivity index is 1.62. The molecule has 174 valence electrons. The maximum absolute atomic E-state index is 13.2. The van der Waals surface area contributed by atoms with E-state index in [1.165, 1.54) is 11.2 Å². The first-order valence-electron chi connectivity index (χ1n) is 11.2. The predicted octanol–water partition coefficient (Wildman–Crippen LogP) is 4.29. The third-order valence-electron chi connectivity index (χ3n) is 6.34. The van der Waals surface area contributed by atoms with E-state index >= 15 is 0 Å². The summed E-state index contributed by atoms with van der Waals surface area (Å²) in [4.78, 5) is 29.8. The van der Waals surface area contributed by atoms with Gasteiger partial charge in [-0.25, -0.2) is 0 Å². The first-order chi connectivity index (χ1) is 16.3. The fraction of sp³-hybridized carbons (Fsp3) is 0.259. The van der Waals surface area contributed by atoms with Crippen LogP contribution >= 0.6 is 0 Å². The lowest BCUT2D eigenvalue weighted by Crippen LogP contribution is -2.29. The van der Waals surface area contributed by atoms with Gasteiger partial charge in [0, 0.05) is 31.8 Å². The zero-order valence-electron chi connectivity index (χ0n) is 19.3. The molecule has 0 aliphatic carbocycles. The average Bonchev–Trinajstić information content (AvgIpc) is 3.53. The van der Waals surface area contributed by atoms with Gasteiger partial charge in [0.25, 0.3) is 11.7 Å². The Labute approximate surface area is 197 Å². The maximum atomic E-state index is 13.2. The number of benzene rings is 2. The first-order valence-corrected chi connectivity index (χ1v) is 11.2. The summed E-state index contributed by atoms with van der Waals surface area (Å²) in [6.45, 7) is 2.10. The standard InChI is InChI=1S/C27H26N2O5/c1-16-13-19-14-18(8-11-22(19)34-16)25(30)23-24(17-6-9-20(10-7-17)28(2)3)29(27(32)26(23)31)15-21-5-4-12-33-21/h4-12,14,16,24,30H,13,15H2,1-3H3/t16-,24+/m1/s1. The number of ether oxygens (including phenoxy) is 1. The van der Waals surface area contributed by atoms with Gasteiger partial charge >= 0.3 is 0 Å². The van der Waals surface area contributed by atoms with Gasteiger partial charge in [0.15, 0.2) is 0 Å². The third-order valence-corrected chi connectivity index (χ3v) is 6.34. The SMILES string of the molecule is C[C@@H]1Cc2cc(C(O)=C3C(=O)C(=O)N(Cc4ccco4)[C@H]3c3ccc(N(C)C)cc3)ccc2O1. The molecule has 3 aromatic rings. The largest absolute Gasteiger partial charge is 0.507 e. The van der Waals surface area contributed by atoms with Gasteiger partial charge in [-0.2, -0.15) is 0 Å². The number of furan rings is 1. The minimum absolute atomic E-state index is 0.0569. The van der Waals surface area contributed by atoms with Crippen LogP contribution in [0.25, 0.3) is 5.76 Å². The minimum atomic E-state index is -0.746. The van der Waals surface area contributed by atoms with Crippen LogP contribution in [0, 0.1) is 0 Å². The highest BCUT2D eigenvalue weighted by atomic mass is 16.5. The second-order valence-electron chi connectivity index (χ2n) is 8.95. The van der Waals surface area contributed by atoms with Gasteiger partial charge in [0.1, 0.15) is 23.4 Å². The van der Waals surface area contributed by atoms with Gasteiger partial charge in [-0.1, -0.05) is 12.1 Å². The van der Waals surface area contributed by atoms with Crippen molar-refractivity contribution in [1.29, 1.82) is 0 Å². The minimum Gasteiger partial charge on any atom is -0.507 e. The molecule has 1 N–H and O–H groups in total. The van der Waals surface area contributed by atoms with Crippen LogP contribution in [0.5, 0.6) is 5.75 Å². The van der Waals surface area contributed by atoms with E-state index in [0.717, 1.165) is 29.0 Å². The number of hydrogen-bond acceptors (Lipinski definition) is 6. The predicted molar refractivity (Wildman–Crippen MR) is 128 cm³/mol. The molecule has 7 heteroatoms. The number of aliphatic hydroxyl groups excluding tert-OH is 1. The van der Waals surface area contributed by atoms with Gasteiger partial charge in [-0.3, -0.25) is 9.59 Å². The Morgan fingerprint density at radius 2 is 1.88 bits per heavy atom. The van der Waals surface area contributed by atoms with Gasteiger partial charge in [0.2, 0.25) is 0 Å². The Hall–Kier alpha value is -4.00. The smallest absolute Gasteiger partial charge is 0.296 e. The zero-order valence-corrected chi connectivity index (χ0v) is 19.3. The van der Waals surface area contributed by atoms with Crippen LogP contribution < -0.4 is 9.64 Å². The van der Waals surface area contributed by atoms with Gasteiger partial charge in [0.05, 0.1) is 24.4 Å². The quantitative estimate of drug-likeness (QED) is 0.349. The molecule has 2 atom stereocenters. The summed E-state index contributed by atoms with van der Waals surface area (Å²) in [5, 5.41) is 11.3. The highest BCUT2D eigenvalue weighted by Gasteiger charge is 2.46. The topological polar surface area (TPSA) is 83.2 Å². The number of rotatable bonds is 5. The van der Waals surface area contributed by atoms with Crippen LogP contribution in [0.1, 0.15) is 35.4 Å². The maximum Gasteiger partial charge on any atom is 0.296 e. The molecule has 0 spiro atoms. The van der Waals surface area contributed by atoms with E-state index in [2.05, 4.69) is 0 Å². The molecule has 0 saturated carbocycles. The lowest BCUT2D eigenvalue weighted by atomic mass is 9.94. The number of anilines is 1. The van der Waals surface area contributed by atoms with Gasteiger partial charge < -0.3 is 24.1 Å². The highest BCUT2D eigenvalue weighted by molar-refractivity contribution is 6.46. The van der Waals surface area contributed by atoms with Crippen molar-refractivity contribution in [3.63, 3.8) is 0 Å². The summed E-state index contributed by atoms with van der Waals surface area (Å²) >= 11 is 0. The van der Waals surface area contributed by atoms with Crippen LogP contribution in [-0.4, -0.2) is 41.9 Å². The Bertz CT molecular complexity index is 1270. The van der Waals surface area contributed by atoms with E-state index in [9.17, 15) is 14.7 Å². The molecule has 1 amide bonds. The van der Waals surface area contributed by atoms with Crippen LogP contribution in [0.4, 0.5) is 5.69 Å². The van der Waals surface area contributed by atoms with Crippen molar-refractivity contribution < 1.29 is 23.8 Å².